The van der Waals surface area contributed by atoms with E-state index in [4.69, 9.17) is 0 Å². The maximum Gasteiger partial charge on any atom is 0.163 e. The highest BCUT2D eigenvalue weighted by molar-refractivity contribution is 5.21. The fourth-order valence-electron chi connectivity index (χ4n) is 1.59. The molecule has 1 N–H and O–H groups in total. The molecule has 0 aliphatic heterocycles. The molecular formula is C13H20F2N2. The summed E-state index contributed by atoms with van der Waals surface area (Å²) < 4.78 is 26.5. The van der Waals surface area contributed by atoms with E-state index in [1.807, 2.05) is 14.0 Å². The molecule has 0 spiro atoms. The van der Waals surface area contributed by atoms with Gasteiger partial charge in [-0.1, -0.05) is 19.1 Å². The summed E-state index contributed by atoms with van der Waals surface area (Å²) >= 11 is 0. The average Bonchev–Trinajstić information content (AvgIpc) is 2.32. The lowest BCUT2D eigenvalue weighted by Gasteiger charge is -2.18. The van der Waals surface area contributed by atoms with Crippen molar-refractivity contribution in [1.29, 1.82) is 0 Å². The van der Waals surface area contributed by atoms with Crippen molar-refractivity contribution >= 4 is 0 Å². The van der Waals surface area contributed by atoms with Crippen molar-refractivity contribution in [1.82, 2.24) is 10.2 Å². The molecule has 0 amide bonds. The molecule has 0 heterocycles. The van der Waals surface area contributed by atoms with Gasteiger partial charge in [-0.15, -0.1) is 0 Å². The molecule has 96 valence electrons. The Labute approximate surface area is 102 Å². The largest absolute Gasteiger partial charge is 0.309 e. The van der Waals surface area contributed by atoms with Crippen LogP contribution in [0.3, 0.4) is 0 Å². The Morgan fingerprint density at radius 1 is 1.35 bits per heavy atom. The van der Waals surface area contributed by atoms with Crippen molar-refractivity contribution in [2.75, 3.05) is 26.7 Å². The lowest BCUT2D eigenvalue weighted by atomic mass is 10.1. The van der Waals surface area contributed by atoms with E-state index in [0.717, 1.165) is 25.7 Å². The maximum atomic E-state index is 13.5. The summed E-state index contributed by atoms with van der Waals surface area (Å²) in [7, 11) is 2.02. The molecule has 0 saturated heterocycles. The molecule has 0 bridgehead atoms. The van der Waals surface area contributed by atoms with Gasteiger partial charge in [-0.25, -0.2) is 8.78 Å². The Hall–Kier alpha value is -1.00. The van der Waals surface area contributed by atoms with Crippen LogP contribution in [-0.4, -0.2) is 31.6 Å². The Balaban J connectivity index is 2.52. The lowest BCUT2D eigenvalue weighted by Crippen LogP contribution is -2.31. The van der Waals surface area contributed by atoms with Crippen LogP contribution in [0.2, 0.25) is 0 Å². The molecule has 4 heteroatoms. The molecule has 0 fully saturated rings. The van der Waals surface area contributed by atoms with E-state index >= 15 is 0 Å². The molecule has 0 aliphatic rings. The molecule has 2 nitrogen and oxygen atoms in total. The Bertz CT molecular complexity index is 355. The topological polar surface area (TPSA) is 15.3 Å². The van der Waals surface area contributed by atoms with Crippen molar-refractivity contribution in [2.45, 2.75) is 19.9 Å². The number of hydrogen-bond acceptors (Lipinski definition) is 2. The molecular weight excluding hydrogens is 222 g/mol. The van der Waals surface area contributed by atoms with Crippen LogP contribution in [0.5, 0.6) is 0 Å². The minimum Gasteiger partial charge on any atom is -0.309 e. The van der Waals surface area contributed by atoms with Gasteiger partial charge in [0.1, 0.15) is 0 Å². The first kappa shape index (κ1) is 14.1. The van der Waals surface area contributed by atoms with Gasteiger partial charge in [0.15, 0.2) is 11.6 Å². The zero-order chi connectivity index (χ0) is 12.8. The molecule has 0 aromatic heterocycles. The van der Waals surface area contributed by atoms with Crippen LogP contribution in [-0.2, 0) is 0 Å². The molecule has 17 heavy (non-hydrogen) atoms. The van der Waals surface area contributed by atoms with E-state index in [0.29, 0.717) is 5.56 Å². The number of hydrogen-bond donors (Lipinski definition) is 1. The van der Waals surface area contributed by atoms with E-state index in [2.05, 4.69) is 17.1 Å². The second-order valence-corrected chi connectivity index (χ2v) is 4.21. The SMILES string of the molecule is CCN(C)CCNC(C)c1cccc(F)c1F. The van der Waals surface area contributed by atoms with Gasteiger partial charge in [-0.3, -0.25) is 0 Å². The van der Waals surface area contributed by atoms with Crippen LogP contribution in [0.25, 0.3) is 0 Å². The third-order valence-corrected chi connectivity index (χ3v) is 2.93. The highest BCUT2D eigenvalue weighted by Crippen LogP contribution is 2.18. The van der Waals surface area contributed by atoms with Crippen molar-refractivity contribution in [3.63, 3.8) is 0 Å². The van der Waals surface area contributed by atoms with E-state index in [1.54, 1.807) is 6.07 Å². The molecule has 0 radical (unpaired) electrons. The smallest absolute Gasteiger partial charge is 0.163 e. The number of likely N-dealkylation sites (N-methyl/N-ethyl adjacent to an activating group) is 1. The van der Waals surface area contributed by atoms with E-state index in [-0.39, 0.29) is 6.04 Å². The Kier molecular flexibility index (Phi) is 5.51. The fourth-order valence-corrected chi connectivity index (χ4v) is 1.59. The molecule has 1 aromatic rings. The summed E-state index contributed by atoms with van der Waals surface area (Å²) in [5.74, 6) is -1.54. The van der Waals surface area contributed by atoms with Crippen molar-refractivity contribution < 1.29 is 8.78 Å². The maximum absolute atomic E-state index is 13.5. The number of rotatable bonds is 6. The Morgan fingerprint density at radius 2 is 2.06 bits per heavy atom. The lowest BCUT2D eigenvalue weighted by molar-refractivity contribution is 0.340. The van der Waals surface area contributed by atoms with Gasteiger partial charge in [0.25, 0.3) is 0 Å². The number of nitrogens with zero attached hydrogens (tertiary/aromatic N) is 1. The van der Waals surface area contributed by atoms with Gasteiger partial charge in [-0.2, -0.15) is 0 Å². The molecule has 1 rings (SSSR count). The van der Waals surface area contributed by atoms with Crippen LogP contribution in [0.1, 0.15) is 25.5 Å². The minimum atomic E-state index is -0.790. The van der Waals surface area contributed by atoms with Crippen LogP contribution in [0.15, 0.2) is 18.2 Å². The summed E-state index contributed by atoms with van der Waals surface area (Å²) in [5, 5.41) is 3.18. The third kappa shape index (κ3) is 4.06. The fraction of sp³-hybridized carbons (Fsp3) is 0.538. The van der Waals surface area contributed by atoms with Gasteiger partial charge in [0.05, 0.1) is 0 Å². The zero-order valence-electron chi connectivity index (χ0n) is 10.6. The summed E-state index contributed by atoms with van der Waals surface area (Å²) in [6.45, 7) is 6.53. The first-order chi connectivity index (χ1) is 8.06. The van der Waals surface area contributed by atoms with Gasteiger partial charge in [0.2, 0.25) is 0 Å². The molecule has 0 aliphatic carbocycles. The van der Waals surface area contributed by atoms with Gasteiger partial charge >= 0.3 is 0 Å². The average molecular weight is 242 g/mol. The third-order valence-electron chi connectivity index (χ3n) is 2.93. The first-order valence-corrected chi connectivity index (χ1v) is 5.92. The summed E-state index contributed by atoms with van der Waals surface area (Å²) in [4.78, 5) is 2.15. The van der Waals surface area contributed by atoms with E-state index in [1.165, 1.54) is 6.07 Å². The van der Waals surface area contributed by atoms with Crippen molar-refractivity contribution in [3.8, 4) is 0 Å². The highest BCUT2D eigenvalue weighted by atomic mass is 19.2. The van der Waals surface area contributed by atoms with Crippen LogP contribution in [0, 0.1) is 11.6 Å². The number of halogens is 2. The summed E-state index contributed by atoms with van der Waals surface area (Å²) in [6.07, 6.45) is 0. The molecule has 1 atom stereocenters. The quantitative estimate of drug-likeness (QED) is 0.824. The predicted molar refractivity (Wildman–Crippen MR) is 65.9 cm³/mol. The Morgan fingerprint density at radius 3 is 2.71 bits per heavy atom. The van der Waals surface area contributed by atoms with Crippen molar-refractivity contribution in [2.24, 2.45) is 0 Å². The summed E-state index contributed by atoms with van der Waals surface area (Å²) in [5.41, 5.74) is 0.379. The standard InChI is InChI=1S/C13H20F2N2/c1-4-17(3)9-8-16-10(2)11-6-5-7-12(14)13(11)15/h5-7,10,16H,4,8-9H2,1-3H3. The summed E-state index contributed by atoms with van der Waals surface area (Å²) in [6, 6.07) is 4.09. The highest BCUT2D eigenvalue weighted by Gasteiger charge is 2.13. The first-order valence-electron chi connectivity index (χ1n) is 5.92. The zero-order valence-corrected chi connectivity index (χ0v) is 10.6. The second-order valence-electron chi connectivity index (χ2n) is 4.21. The number of benzene rings is 1. The van der Waals surface area contributed by atoms with Crippen LogP contribution >= 0.6 is 0 Å². The van der Waals surface area contributed by atoms with Gasteiger partial charge in [0, 0.05) is 24.7 Å². The van der Waals surface area contributed by atoms with Gasteiger partial charge < -0.3 is 10.2 Å². The molecule has 0 saturated carbocycles. The minimum absolute atomic E-state index is 0.184. The monoisotopic (exact) mass is 242 g/mol. The van der Waals surface area contributed by atoms with E-state index < -0.39 is 11.6 Å². The van der Waals surface area contributed by atoms with E-state index in [9.17, 15) is 8.78 Å². The predicted octanol–water partition coefficient (Wildman–Crippen LogP) is 2.57. The normalized spacial score (nSPS) is 13.1. The van der Waals surface area contributed by atoms with Crippen LogP contribution < -0.4 is 5.32 Å². The molecule has 1 unspecified atom stereocenters. The number of nitrogens with one attached hydrogen (secondary N) is 1. The van der Waals surface area contributed by atoms with Gasteiger partial charge in [-0.05, 0) is 26.6 Å². The van der Waals surface area contributed by atoms with Crippen LogP contribution in [0.4, 0.5) is 8.78 Å². The molecule has 1 aromatic carbocycles. The van der Waals surface area contributed by atoms with Crippen molar-refractivity contribution in [3.05, 3.63) is 35.4 Å². The second kappa shape index (κ2) is 6.67.